The molecule has 3 rings (SSSR count). The van der Waals surface area contributed by atoms with Crippen LogP contribution in [0, 0.1) is 5.92 Å². The molecule has 0 bridgehead atoms. The molecule has 2 aromatic heterocycles. The Kier molecular flexibility index (Phi) is 3.30. The number of H-pyrrole nitrogens is 2. The average Bonchev–Trinajstić information content (AvgIpc) is 3.07. The number of rotatable bonds is 3. The Labute approximate surface area is 117 Å². The normalized spacial score (nSPS) is 21.5. The number of fused-ring (bicyclic) bond motifs is 1. The minimum atomic E-state index is -0.0203. The van der Waals surface area contributed by atoms with Crippen LogP contribution in [0.15, 0.2) is 12.4 Å². The fourth-order valence-corrected chi connectivity index (χ4v) is 2.94. The molecule has 1 aliphatic rings. The third-order valence-electron chi connectivity index (χ3n) is 4.23. The Morgan fingerprint density at radius 3 is 3.00 bits per heavy atom. The van der Waals surface area contributed by atoms with Crippen LogP contribution in [0.25, 0.3) is 0 Å². The maximum absolute atomic E-state index is 12.5. The molecular formula is C14H19N5O. The van der Waals surface area contributed by atoms with Crippen LogP contribution in [0.3, 0.4) is 0 Å². The zero-order chi connectivity index (χ0) is 14.1. The summed E-state index contributed by atoms with van der Waals surface area (Å²) in [6.45, 7) is 4.13. The Morgan fingerprint density at radius 2 is 2.20 bits per heavy atom. The first-order valence-corrected chi connectivity index (χ1v) is 7.06. The van der Waals surface area contributed by atoms with Crippen molar-refractivity contribution in [2.45, 2.75) is 39.0 Å². The number of aryl methyl sites for hydroxylation is 2. The van der Waals surface area contributed by atoms with Gasteiger partial charge in [-0.15, -0.1) is 0 Å². The summed E-state index contributed by atoms with van der Waals surface area (Å²) < 4.78 is 0. The van der Waals surface area contributed by atoms with Gasteiger partial charge >= 0.3 is 0 Å². The number of aromatic nitrogens is 4. The highest BCUT2D eigenvalue weighted by atomic mass is 16.2. The van der Waals surface area contributed by atoms with Gasteiger partial charge in [-0.3, -0.25) is 15.0 Å². The molecular weight excluding hydrogens is 254 g/mol. The van der Waals surface area contributed by atoms with Gasteiger partial charge in [0.25, 0.3) is 0 Å². The van der Waals surface area contributed by atoms with Crippen molar-refractivity contribution in [1.82, 2.24) is 20.4 Å². The van der Waals surface area contributed by atoms with Crippen molar-refractivity contribution in [2.24, 2.45) is 5.92 Å². The van der Waals surface area contributed by atoms with E-state index in [9.17, 15) is 4.79 Å². The SMILES string of the molecule is CCc1cn[nH]c1NC(=O)C1CCc2[nH]ncc2C1C. The van der Waals surface area contributed by atoms with Crippen molar-refractivity contribution in [1.29, 1.82) is 0 Å². The summed E-state index contributed by atoms with van der Waals surface area (Å²) in [7, 11) is 0. The monoisotopic (exact) mass is 273 g/mol. The van der Waals surface area contributed by atoms with Gasteiger partial charge < -0.3 is 5.32 Å². The molecule has 2 heterocycles. The lowest BCUT2D eigenvalue weighted by Gasteiger charge is -2.27. The van der Waals surface area contributed by atoms with Gasteiger partial charge in [0.2, 0.25) is 5.91 Å². The smallest absolute Gasteiger partial charge is 0.229 e. The molecule has 0 fully saturated rings. The van der Waals surface area contributed by atoms with Crippen LogP contribution in [-0.2, 0) is 17.6 Å². The second kappa shape index (κ2) is 5.11. The molecule has 6 nitrogen and oxygen atoms in total. The van der Waals surface area contributed by atoms with E-state index in [-0.39, 0.29) is 17.7 Å². The van der Waals surface area contributed by atoms with Gasteiger partial charge in [0.1, 0.15) is 5.82 Å². The van der Waals surface area contributed by atoms with Crippen LogP contribution in [0.2, 0.25) is 0 Å². The molecule has 2 unspecified atom stereocenters. The predicted molar refractivity (Wildman–Crippen MR) is 75.4 cm³/mol. The molecule has 106 valence electrons. The predicted octanol–water partition coefficient (Wildman–Crippen LogP) is 2.00. The third kappa shape index (κ3) is 2.11. The molecule has 0 aliphatic heterocycles. The number of anilines is 1. The van der Waals surface area contributed by atoms with Crippen LogP contribution in [-0.4, -0.2) is 26.3 Å². The number of hydrogen-bond acceptors (Lipinski definition) is 3. The first-order chi connectivity index (χ1) is 9.70. The van der Waals surface area contributed by atoms with Gasteiger partial charge in [0.05, 0.1) is 12.4 Å². The summed E-state index contributed by atoms with van der Waals surface area (Å²) >= 11 is 0. The maximum Gasteiger partial charge on any atom is 0.229 e. The summed E-state index contributed by atoms with van der Waals surface area (Å²) in [5.74, 6) is 0.949. The van der Waals surface area contributed by atoms with Gasteiger partial charge in [0.15, 0.2) is 0 Å². The number of hydrogen-bond donors (Lipinski definition) is 3. The quantitative estimate of drug-likeness (QED) is 0.799. The van der Waals surface area contributed by atoms with Crippen molar-refractivity contribution in [3.8, 4) is 0 Å². The number of amides is 1. The molecule has 1 amide bonds. The van der Waals surface area contributed by atoms with Crippen molar-refractivity contribution in [3.63, 3.8) is 0 Å². The van der Waals surface area contributed by atoms with Crippen molar-refractivity contribution < 1.29 is 4.79 Å². The molecule has 0 saturated heterocycles. The fraction of sp³-hybridized carbons (Fsp3) is 0.500. The molecule has 1 aliphatic carbocycles. The molecule has 0 spiro atoms. The van der Waals surface area contributed by atoms with Crippen LogP contribution in [0.1, 0.15) is 43.0 Å². The van der Waals surface area contributed by atoms with E-state index in [1.165, 1.54) is 0 Å². The minimum Gasteiger partial charge on any atom is -0.311 e. The zero-order valence-electron chi connectivity index (χ0n) is 11.7. The van der Waals surface area contributed by atoms with E-state index in [2.05, 4.69) is 32.6 Å². The number of nitrogens with zero attached hydrogens (tertiary/aromatic N) is 2. The molecule has 0 radical (unpaired) electrons. The van der Waals surface area contributed by atoms with Gasteiger partial charge in [-0.2, -0.15) is 10.2 Å². The molecule has 2 aromatic rings. The van der Waals surface area contributed by atoms with E-state index in [0.29, 0.717) is 0 Å². The molecule has 3 N–H and O–H groups in total. The topological polar surface area (TPSA) is 86.5 Å². The lowest BCUT2D eigenvalue weighted by atomic mass is 9.78. The largest absolute Gasteiger partial charge is 0.311 e. The highest BCUT2D eigenvalue weighted by Gasteiger charge is 2.32. The van der Waals surface area contributed by atoms with Crippen LogP contribution in [0.4, 0.5) is 5.82 Å². The Balaban J connectivity index is 1.75. The molecule has 0 aromatic carbocycles. The van der Waals surface area contributed by atoms with Crippen LogP contribution >= 0.6 is 0 Å². The molecule has 0 saturated carbocycles. The van der Waals surface area contributed by atoms with E-state index in [1.807, 2.05) is 13.1 Å². The van der Waals surface area contributed by atoms with E-state index in [1.54, 1.807) is 6.20 Å². The van der Waals surface area contributed by atoms with Crippen molar-refractivity contribution in [3.05, 3.63) is 29.2 Å². The summed E-state index contributed by atoms with van der Waals surface area (Å²) in [6, 6.07) is 0. The Bertz CT molecular complexity index is 615. The van der Waals surface area contributed by atoms with Gasteiger partial charge in [-0.1, -0.05) is 13.8 Å². The Hall–Kier alpha value is -2.11. The summed E-state index contributed by atoms with van der Waals surface area (Å²) in [4.78, 5) is 12.5. The summed E-state index contributed by atoms with van der Waals surface area (Å²) in [6.07, 6.45) is 6.17. The second-order valence-electron chi connectivity index (χ2n) is 5.35. The first-order valence-electron chi connectivity index (χ1n) is 7.06. The number of aromatic amines is 2. The molecule has 20 heavy (non-hydrogen) atoms. The van der Waals surface area contributed by atoms with Crippen LogP contribution < -0.4 is 5.32 Å². The second-order valence-corrected chi connectivity index (χ2v) is 5.35. The fourth-order valence-electron chi connectivity index (χ4n) is 2.94. The summed E-state index contributed by atoms with van der Waals surface area (Å²) in [5, 5.41) is 16.9. The highest BCUT2D eigenvalue weighted by molar-refractivity contribution is 5.93. The Morgan fingerprint density at radius 1 is 1.40 bits per heavy atom. The first kappa shape index (κ1) is 12.9. The van der Waals surface area contributed by atoms with E-state index in [4.69, 9.17) is 0 Å². The van der Waals surface area contributed by atoms with E-state index >= 15 is 0 Å². The van der Waals surface area contributed by atoms with Gasteiger partial charge in [0, 0.05) is 17.2 Å². The highest BCUT2D eigenvalue weighted by Crippen LogP contribution is 2.35. The number of nitrogens with one attached hydrogen (secondary N) is 3. The summed E-state index contributed by atoms with van der Waals surface area (Å²) in [5.41, 5.74) is 3.36. The average molecular weight is 273 g/mol. The number of carbonyl (C=O) groups is 1. The molecule has 2 atom stereocenters. The lowest BCUT2D eigenvalue weighted by molar-refractivity contribution is -0.120. The standard InChI is InChI=1S/C14H19N5O/c1-3-9-6-15-19-13(9)17-14(20)10-4-5-12-11(8(10)2)7-16-18-12/h6-8,10H,3-5H2,1-2H3,(H,16,18)(H2,15,17,19,20). The van der Waals surface area contributed by atoms with Gasteiger partial charge in [-0.25, -0.2) is 0 Å². The third-order valence-corrected chi connectivity index (χ3v) is 4.23. The van der Waals surface area contributed by atoms with Crippen molar-refractivity contribution in [2.75, 3.05) is 5.32 Å². The minimum absolute atomic E-state index is 0.0203. The maximum atomic E-state index is 12.5. The van der Waals surface area contributed by atoms with Gasteiger partial charge in [-0.05, 0) is 30.7 Å². The van der Waals surface area contributed by atoms with E-state index < -0.39 is 0 Å². The molecule has 6 heteroatoms. The van der Waals surface area contributed by atoms with Crippen LogP contribution in [0.5, 0.6) is 0 Å². The van der Waals surface area contributed by atoms with E-state index in [0.717, 1.165) is 41.9 Å². The zero-order valence-corrected chi connectivity index (χ0v) is 11.7. The van der Waals surface area contributed by atoms with Crippen molar-refractivity contribution >= 4 is 11.7 Å². The number of carbonyl (C=O) groups excluding carboxylic acids is 1. The lowest BCUT2D eigenvalue weighted by Crippen LogP contribution is -2.30.